The van der Waals surface area contributed by atoms with Gasteiger partial charge in [0, 0.05) is 10.9 Å². The maximum Gasteiger partial charge on any atom is 0.325 e. The summed E-state index contributed by atoms with van der Waals surface area (Å²) >= 11 is 1.54. The third kappa shape index (κ3) is 3.54. The van der Waals surface area contributed by atoms with E-state index in [2.05, 4.69) is 0 Å². The summed E-state index contributed by atoms with van der Waals surface area (Å²) in [4.78, 5) is 26.9. The Morgan fingerprint density at radius 1 is 1.35 bits per heavy atom. The molecule has 1 saturated carbocycles. The molecule has 0 aliphatic heterocycles. The third-order valence-corrected chi connectivity index (χ3v) is 3.99. The first kappa shape index (κ1) is 14.9. The van der Waals surface area contributed by atoms with E-state index in [4.69, 9.17) is 4.74 Å². The zero-order valence-corrected chi connectivity index (χ0v) is 12.6. The van der Waals surface area contributed by atoms with Crippen LogP contribution in [0.25, 0.3) is 0 Å². The molecule has 5 heteroatoms. The number of hydrogen-bond acceptors (Lipinski definition) is 4. The highest BCUT2D eigenvalue weighted by Gasteiger charge is 2.35. The molecule has 1 amide bonds. The quantitative estimate of drug-likeness (QED) is 0.597. The predicted molar refractivity (Wildman–Crippen MR) is 78.9 cm³/mol. The molecular formula is C15H19NO3S. The van der Waals surface area contributed by atoms with Crippen molar-refractivity contribution in [1.29, 1.82) is 0 Å². The van der Waals surface area contributed by atoms with E-state index in [-0.39, 0.29) is 24.5 Å². The van der Waals surface area contributed by atoms with E-state index in [0.29, 0.717) is 12.2 Å². The molecule has 0 unspecified atom stereocenters. The van der Waals surface area contributed by atoms with Crippen molar-refractivity contribution < 1.29 is 14.3 Å². The van der Waals surface area contributed by atoms with Gasteiger partial charge in [0.25, 0.3) is 5.91 Å². The summed E-state index contributed by atoms with van der Waals surface area (Å²) < 4.78 is 4.95. The second kappa shape index (κ2) is 6.79. The van der Waals surface area contributed by atoms with Crippen LogP contribution >= 0.6 is 11.8 Å². The van der Waals surface area contributed by atoms with Gasteiger partial charge in [-0.2, -0.15) is 0 Å². The Labute approximate surface area is 123 Å². The second-order valence-electron chi connectivity index (χ2n) is 4.67. The van der Waals surface area contributed by atoms with Gasteiger partial charge in [-0.15, -0.1) is 11.8 Å². The second-order valence-corrected chi connectivity index (χ2v) is 5.52. The number of carbonyl (C=O) groups is 2. The topological polar surface area (TPSA) is 46.6 Å². The molecule has 0 saturated heterocycles. The van der Waals surface area contributed by atoms with E-state index < -0.39 is 0 Å². The first-order valence-electron chi connectivity index (χ1n) is 6.77. The lowest BCUT2D eigenvalue weighted by Crippen LogP contribution is -2.38. The summed E-state index contributed by atoms with van der Waals surface area (Å²) in [6.07, 6.45) is 3.87. The van der Waals surface area contributed by atoms with E-state index in [0.717, 1.165) is 17.7 Å². The van der Waals surface area contributed by atoms with Crippen molar-refractivity contribution in [3.63, 3.8) is 0 Å². The fraction of sp³-hybridized carbons (Fsp3) is 0.467. The highest BCUT2D eigenvalue weighted by atomic mass is 32.2. The minimum Gasteiger partial charge on any atom is -0.465 e. The van der Waals surface area contributed by atoms with Crippen LogP contribution in [0.4, 0.5) is 0 Å². The van der Waals surface area contributed by atoms with Crippen molar-refractivity contribution >= 4 is 23.6 Å². The smallest absolute Gasteiger partial charge is 0.325 e. The standard InChI is InChI=1S/C15H19NO3S/c1-3-19-14(17)10-16(11-8-9-11)15(18)12-6-4-5-7-13(12)20-2/h4-7,11H,3,8-10H2,1-2H3. The molecule has 0 bridgehead atoms. The van der Waals surface area contributed by atoms with Crippen molar-refractivity contribution in [2.45, 2.75) is 30.7 Å². The first-order valence-corrected chi connectivity index (χ1v) is 7.99. The summed E-state index contributed by atoms with van der Waals surface area (Å²) in [6, 6.07) is 7.68. The van der Waals surface area contributed by atoms with E-state index in [1.54, 1.807) is 11.8 Å². The molecule has 108 valence electrons. The Hall–Kier alpha value is -1.49. The summed E-state index contributed by atoms with van der Waals surface area (Å²) in [7, 11) is 0. The lowest BCUT2D eigenvalue weighted by Gasteiger charge is -2.22. The van der Waals surface area contributed by atoms with E-state index in [1.165, 1.54) is 11.8 Å². The number of nitrogens with zero attached hydrogens (tertiary/aromatic N) is 1. The number of carbonyl (C=O) groups excluding carboxylic acids is 2. The number of esters is 1. The van der Waals surface area contributed by atoms with Gasteiger partial charge in [0.05, 0.1) is 12.2 Å². The number of rotatable bonds is 6. The Morgan fingerprint density at radius 2 is 2.05 bits per heavy atom. The van der Waals surface area contributed by atoms with Crippen LogP contribution in [0, 0.1) is 0 Å². The van der Waals surface area contributed by atoms with E-state index >= 15 is 0 Å². The Morgan fingerprint density at radius 3 is 2.65 bits per heavy atom. The van der Waals surface area contributed by atoms with Gasteiger partial charge >= 0.3 is 5.97 Å². The van der Waals surface area contributed by atoms with Crippen molar-refractivity contribution in [3.05, 3.63) is 29.8 Å². The SMILES string of the molecule is CCOC(=O)CN(C(=O)c1ccccc1SC)C1CC1. The molecule has 0 heterocycles. The summed E-state index contributed by atoms with van der Waals surface area (Å²) in [5, 5.41) is 0. The van der Waals surface area contributed by atoms with Crippen LogP contribution in [0.2, 0.25) is 0 Å². The molecule has 1 aromatic rings. The molecular weight excluding hydrogens is 274 g/mol. The van der Waals surface area contributed by atoms with Gasteiger partial charge in [-0.1, -0.05) is 12.1 Å². The van der Waals surface area contributed by atoms with Crippen LogP contribution in [0.3, 0.4) is 0 Å². The summed E-state index contributed by atoms with van der Waals surface area (Å²) in [6.45, 7) is 2.15. The minimum atomic E-state index is -0.339. The van der Waals surface area contributed by atoms with Gasteiger partial charge in [-0.3, -0.25) is 9.59 Å². The minimum absolute atomic E-state index is 0.0417. The molecule has 1 aliphatic carbocycles. The van der Waals surface area contributed by atoms with Crippen molar-refractivity contribution in [1.82, 2.24) is 4.90 Å². The summed E-state index contributed by atoms with van der Waals surface area (Å²) in [5.74, 6) is -0.417. The van der Waals surface area contributed by atoms with Gasteiger partial charge in [0.1, 0.15) is 6.54 Å². The number of thioether (sulfide) groups is 1. The van der Waals surface area contributed by atoms with Crippen LogP contribution in [0.1, 0.15) is 30.1 Å². The number of benzene rings is 1. The predicted octanol–water partition coefficient (Wildman–Crippen LogP) is 2.58. The number of hydrogen-bond donors (Lipinski definition) is 0. The molecule has 4 nitrogen and oxygen atoms in total. The maximum absolute atomic E-state index is 12.7. The van der Waals surface area contributed by atoms with E-state index in [9.17, 15) is 9.59 Å². The highest BCUT2D eigenvalue weighted by molar-refractivity contribution is 7.98. The first-order chi connectivity index (χ1) is 9.67. The van der Waals surface area contributed by atoms with Gasteiger partial charge in [-0.05, 0) is 38.2 Å². The highest BCUT2D eigenvalue weighted by Crippen LogP contribution is 2.30. The van der Waals surface area contributed by atoms with Crippen LogP contribution in [0.15, 0.2) is 29.2 Å². The lowest BCUT2D eigenvalue weighted by atomic mass is 10.2. The average Bonchev–Trinajstić information content (AvgIpc) is 3.29. The molecule has 2 rings (SSSR count). The van der Waals surface area contributed by atoms with Gasteiger partial charge in [0.15, 0.2) is 0 Å². The fourth-order valence-electron chi connectivity index (χ4n) is 2.07. The van der Waals surface area contributed by atoms with E-state index in [1.807, 2.05) is 30.5 Å². The average molecular weight is 293 g/mol. The number of amides is 1. The largest absolute Gasteiger partial charge is 0.465 e. The molecule has 0 radical (unpaired) electrons. The molecule has 20 heavy (non-hydrogen) atoms. The van der Waals surface area contributed by atoms with Crippen molar-refractivity contribution in [2.75, 3.05) is 19.4 Å². The Bertz CT molecular complexity index is 500. The zero-order valence-electron chi connectivity index (χ0n) is 11.8. The monoisotopic (exact) mass is 293 g/mol. The molecule has 0 spiro atoms. The van der Waals surface area contributed by atoms with Gasteiger partial charge < -0.3 is 9.64 Å². The molecule has 0 aromatic heterocycles. The fourth-order valence-corrected chi connectivity index (χ4v) is 2.66. The third-order valence-electron chi connectivity index (χ3n) is 3.19. The molecule has 0 N–H and O–H groups in total. The normalized spacial score (nSPS) is 13.9. The number of ether oxygens (including phenoxy) is 1. The van der Waals surface area contributed by atoms with Crippen LogP contribution < -0.4 is 0 Å². The van der Waals surface area contributed by atoms with Gasteiger partial charge in [-0.25, -0.2) is 0 Å². The van der Waals surface area contributed by atoms with Gasteiger partial charge in [0.2, 0.25) is 0 Å². The maximum atomic E-state index is 12.7. The van der Waals surface area contributed by atoms with Crippen LogP contribution in [-0.4, -0.2) is 42.2 Å². The molecule has 1 aliphatic rings. The molecule has 0 atom stereocenters. The Balaban J connectivity index is 2.16. The molecule has 1 fully saturated rings. The zero-order chi connectivity index (χ0) is 14.5. The summed E-state index contributed by atoms with van der Waals surface area (Å²) in [5.41, 5.74) is 0.663. The van der Waals surface area contributed by atoms with Crippen molar-refractivity contribution in [2.24, 2.45) is 0 Å². The van der Waals surface area contributed by atoms with Crippen molar-refractivity contribution in [3.8, 4) is 0 Å². The molecule has 1 aromatic carbocycles. The lowest BCUT2D eigenvalue weighted by molar-refractivity contribution is -0.144. The van der Waals surface area contributed by atoms with Crippen LogP contribution in [0.5, 0.6) is 0 Å². The Kier molecular flexibility index (Phi) is 5.06. The van der Waals surface area contributed by atoms with Crippen LogP contribution in [-0.2, 0) is 9.53 Å².